The highest BCUT2D eigenvalue weighted by Gasteiger charge is 2.16. The summed E-state index contributed by atoms with van der Waals surface area (Å²) in [6.45, 7) is 3.27. The lowest BCUT2D eigenvalue weighted by molar-refractivity contribution is 0.732. The maximum atomic E-state index is 4.51. The fourth-order valence-electron chi connectivity index (χ4n) is 2.02. The van der Waals surface area contributed by atoms with Crippen molar-refractivity contribution in [2.45, 2.75) is 32.6 Å². The van der Waals surface area contributed by atoms with E-state index in [1.54, 1.807) is 0 Å². The van der Waals surface area contributed by atoms with E-state index in [2.05, 4.69) is 17.3 Å². The molecule has 0 spiro atoms. The molecule has 72 valence electrons. The first-order valence-corrected chi connectivity index (χ1v) is 5.11. The van der Waals surface area contributed by atoms with E-state index in [4.69, 9.17) is 0 Å². The zero-order valence-electron chi connectivity index (χ0n) is 8.43. The number of hydrogen-bond donors (Lipinski definition) is 1. The molecule has 3 nitrogen and oxygen atoms in total. The van der Waals surface area contributed by atoms with Gasteiger partial charge in [0, 0.05) is 19.2 Å². The first kappa shape index (κ1) is 8.60. The molecule has 2 heterocycles. The summed E-state index contributed by atoms with van der Waals surface area (Å²) in [5.41, 5.74) is 2.72. The van der Waals surface area contributed by atoms with Crippen LogP contribution in [0.2, 0.25) is 0 Å². The number of aromatic nitrogens is 2. The van der Waals surface area contributed by atoms with Crippen LogP contribution in [0.4, 0.5) is 5.82 Å². The summed E-state index contributed by atoms with van der Waals surface area (Å²) >= 11 is 0. The molecule has 0 bridgehead atoms. The molecule has 0 radical (unpaired) electrons. The van der Waals surface area contributed by atoms with Crippen molar-refractivity contribution < 1.29 is 0 Å². The van der Waals surface area contributed by atoms with Crippen LogP contribution in [0.3, 0.4) is 0 Å². The minimum atomic E-state index is 1.05. The Labute approximate surface area is 79.1 Å². The van der Waals surface area contributed by atoms with Crippen molar-refractivity contribution in [1.29, 1.82) is 0 Å². The van der Waals surface area contributed by atoms with Gasteiger partial charge in [0.05, 0.1) is 5.69 Å². The highest BCUT2D eigenvalue weighted by molar-refractivity contribution is 5.48. The molecule has 3 heteroatoms. The third-order valence-corrected chi connectivity index (χ3v) is 2.71. The molecule has 0 saturated carbocycles. The van der Waals surface area contributed by atoms with Crippen LogP contribution in [-0.2, 0) is 19.9 Å². The van der Waals surface area contributed by atoms with Gasteiger partial charge in [-0.25, -0.2) is 0 Å². The van der Waals surface area contributed by atoms with E-state index in [0.717, 1.165) is 13.0 Å². The highest BCUT2D eigenvalue weighted by Crippen LogP contribution is 2.24. The number of aryl methyl sites for hydroxylation is 2. The Morgan fingerprint density at radius 2 is 2.31 bits per heavy atom. The summed E-state index contributed by atoms with van der Waals surface area (Å²) in [6.07, 6.45) is 4.81. The van der Waals surface area contributed by atoms with Crippen LogP contribution in [-0.4, -0.2) is 16.3 Å². The number of nitrogens with one attached hydrogen (secondary N) is 1. The first-order chi connectivity index (χ1) is 6.33. The summed E-state index contributed by atoms with van der Waals surface area (Å²) in [4.78, 5) is 0. The third kappa shape index (κ3) is 1.43. The van der Waals surface area contributed by atoms with Gasteiger partial charge in [-0.1, -0.05) is 6.92 Å². The standard InChI is InChI=1S/C10H17N3/c1-3-9-8-6-4-5-7-11-10(8)13(2)12-9/h11H,3-7H2,1-2H3. The molecule has 0 unspecified atom stereocenters. The molecule has 0 aliphatic carbocycles. The first-order valence-electron chi connectivity index (χ1n) is 5.11. The predicted molar refractivity (Wildman–Crippen MR) is 54.0 cm³/mol. The molecule has 1 aromatic heterocycles. The second-order valence-corrected chi connectivity index (χ2v) is 3.63. The monoisotopic (exact) mass is 179 g/mol. The van der Waals surface area contributed by atoms with Crippen molar-refractivity contribution in [3.05, 3.63) is 11.3 Å². The Bertz CT molecular complexity index is 301. The summed E-state index contributed by atoms with van der Waals surface area (Å²) in [5, 5.41) is 7.96. The molecule has 0 atom stereocenters. The molecule has 1 aliphatic heterocycles. The van der Waals surface area contributed by atoms with Gasteiger partial charge in [0.2, 0.25) is 0 Å². The van der Waals surface area contributed by atoms with Crippen LogP contribution in [0.1, 0.15) is 31.0 Å². The Morgan fingerprint density at radius 3 is 3.08 bits per heavy atom. The largest absolute Gasteiger partial charge is 0.370 e. The van der Waals surface area contributed by atoms with Gasteiger partial charge in [-0.05, 0) is 25.7 Å². The quantitative estimate of drug-likeness (QED) is 0.711. The number of rotatable bonds is 1. The van der Waals surface area contributed by atoms with Crippen LogP contribution in [0.15, 0.2) is 0 Å². The van der Waals surface area contributed by atoms with E-state index in [0.29, 0.717) is 0 Å². The van der Waals surface area contributed by atoms with E-state index < -0.39 is 0 Å². The molecular formula is C10H17N3. The van der Waals surface area contributed by atoms with E-state index >= 15 is 0 Å². The molecule has 0 aromatic carbocycles. The van der Waals surface area contributed by atoms with Crippen LogP contribution >= 0.6 is 0 Å². The predicted octanol–water partition coefficient (Wildman–Crippen LogP) is 1.73. The zero-order chi connectivity index (χ0) is 9.26. The van der Waals surface area contributed by atoms with Crippen molar-refractivity contribution in [3.63, 3.8) is 0 Å². The maximum Gasteiger partial charge on any atom is 0.127 e. The average molecular weight is 179 g/mol. The molecule has 0 amide bonds. The van der Waals surface area contributed by atoms with Crippen molar-refractivity contribution >= 4 is 5.82 Å². The van der Waals surface area contributed by atoms with E-state index in [1.165, 1.54) is 36.3 Å². The molecule has 1 N–H and O–H groups in total. The highest BCUT2D eigenvalue weighted by atomic mass is 15.3. The SMILES string of the molecule is CCc1nn(C)c2c1CCCCN2. The minimum Gasteiger partial charge on any atom is -0.370 e. The number of fused-ring (bicyclic) bond motifs is 1. The summed E-state index contributed by atoms with van der Waals surface area (Å²) in [5.74, 6) is 1.24. The number of hydrogen-bond acceptors (Lipinski definition) is 2. The maximum absolute atomic E-state index is 4.51. The second kappa shape index (κ2) is 3.40. The minimum absolute atomic E-state index is 1.05. The smallest absolute Gasteiger partial charge is 0.127 e. The van der Waals surface area contributed by atoms with Crippen LogP contribution in [0.25, 0.3) is 0 Å². The van der Waals surface area contributed by atoms with Gasteiger partial charge >= 0.3 is 0 Å². The van der Waals surface area contributed by atoms with Gasteiger partial charge in [0.15, 0.2) is 0 Å². The molecule has 13 heavy (non-hydrogen) atoms. The van der Waals surface area contributed by atoms with Gasteiger partial charge in [0.25, 0.3) is 0 Å². The van der Waals surface area contributed by atoms with Gasteiger partial charge in [0.1, 0.15) is 5.82 Å². The zero-order valence-corrected chi connectivity index (χ0v) is 8.43. The summed E-state index contributed by atoms with van der Waals surface area (Å²) in [6, 6.07) is 0. The number of anilines is 1. The Balaban J connectivity index is 2.42. The van der Waals surface area contributed by atoms with Crippen molar-refractivity contribution in [2.24, 2.45) is 7.05 Å². The normalized spacial score (nSPS) is 16.2. The lowest BCUT2D eigenvalue weighted by Gasteiger charge is -2.03. The van der Waals surface area contributed by atoms with Crippen LogP contribution in [0.5, 0.6) is 0 Å². The van der Waals surface area contributed by atoms with Gasteiger partial charge < -0.3 is 5.32 Å². The Kier molecular flexibility index (Phi) is 2.25. The van der Waals surface area contributed by atoms with Crippen LogP contribution < -0.4 is 5.32 Å². The topological polar surface area (TPSA) is 29.9 Å². The molecule has 1 aromatic rings. The molecule has 0 saturated heterocycles. The van der Waals surface area contributed by atoms with Crippen molar-refractivity contribution in [3.8, 4) is 0 Å². The van der Waals surface area contributed by atoms with Gasteiger partial charge in [-0.15, -0.1) is 0 Å². The van der Waals surface area contributed by atoms with E-state index in [9.17, 15) is 0 Å². The van der Waals surface area contributed by atoms with Crippen LogP contribution in [0, 0.1) is 0 Å². The van der Waals surface area contributed by atoms with Gasteiger partial charge in [-0.2, -0.15) is 5.10 Å². The molecule has 2 rings (SSSR count). The van der Waals surface area contributed by atoms with Gasteiger partial charge in [-0.3, -0.25) is 4.68 Å². The van der Waals surface area contributed by atoms with E-state index in [-0.39, 0.29) is 0 Å². The summed E-state index contributed by atoms with van der Waals surface area (Å²) < 4.78 is 1.99. The Morgan fingerprint density at radius 1 is 1.46 bits per heavy atom. The average Bonchev–Trinajstić information content (AvgIpc) is 2.38. The number of nitrogens with zero attached hydrogens (tertiary/aromatic N) is 2. The third-order valence-electron chi connectivity index (χ3n) is 2.71. The fraction of sp³-hybridized carbons (Fsp3) is 0.700. The van der Waals surface area contributed by atoms with Crippen molar-refractivity contribution in [1.82, 2.24) is 9.78 Å². The lowest BCUT2D eigenvalue weighted by Crippen LogP contribution is -2.04. The second-order valence-electron chi connectivity index (χ2n) is 3.63. The fourth-order valence-corrected chi connectivity index (χ4v) is 2.02. The van der Waals surface area contributed by atoms with E-state index in [1.807, 2.05) is 11.7 Å². The van der Waals surface area contributed by atoms with Crippen molar-refractivity contribution in [2.75, 3.05) is 11.9 Å². The lowest BCUT2D eigenvalue weighted by atomic mass is 10.1. The molecular weight excluding hydrogens is 162 g/mol. The summed E-state index contributed by atoms with van der Waals surface area (Å²) in [7, 11) is 2.02. The Hall–Kier alpha value is -0.990. The molecule has 0 fully saturated rings. The molecule has 1 aliphatic rings.